The monoisotopic (exact) mass is 401 g/mol. The van der Waals surface area contributed by atoms with E-state index in [2.05, 4.69) is 34.4 Å². The molecule has 1 aliphatic heterocycles. The van der Waals surface area contributed by atoms with Gasteiger partial charge in [0.2, 0.25) is 0 Å². The van der Waals surface area contributed by atoms with E-state index in [1.54, 1.807) is 5.01 Å². The molecule has 0 aliphatic carbocycles. The average Bonchev–Trinajstić information content (AvgIpc) is 3.41. The SMILES string of the molecule is Cc1cc2nnc(SCC(=O)N3CCC(c4ccccc4)=N3)n2c2ccccc12. The maximum absolute atomic E-state index is 12.7. The molecule has 0 radical (unpaired) electrons. The van der Waals surface area contributed by atoms with Crippen LogP contribution in [-0.2, 0) is 4.79 Å². The molecule has 0 N–H and O–H groups in total. The summed E-state index contributed by atoms with van der Waals surface area (Å²) in [5.41, 5.74) is 5.03. The highest BCUT2D eigenvalue weighted by Crippen LogP contribution is 2.26. The molecule has 144 valence electrons. The van der Waals surface area contributed by atoms with Gasteiger partial charge >= 0.3 is 0 Å². The van der Waals surface area contributed by atoms with Crippen LogP contribution >= 0.6 is 11.8 Å². The maximum Gasteiger partial charge on any atom is 0.253 e. The molecule has 0 fully saturated rings. The van der Waals surface area contributed by atoms with Gasteiger partial charge in [-0.3, -0.25) is 9.20 Å². The summed E-state index contributed by atoms with van der Waals surface area (Å²) in [7, 11) is 0. The van der Waals surface area contributed by atoms with Gasteiger partial charge in [0.1, 0.15) is 0 Å². The maximum atomic E-state index is 12.7. The molecule has 1 amide bonds. The first-order valence-corrected chi connectivity index (χ1v) is 10.5. The van der Waals surface area contributed by atoms with Crippen molar-refractivity contribution in [2.75, 3.05) is 12.3 Å². The third kappa shape index (κ3) is 3.27. The lowest BCUT2D eigenvalue weighted by atomic mass is 10.1. The Morgan fingerprint density at radius 2 is 1.86 bits per heavy atom. The van der Waals surface area contributed by atoms with Crippen molar-refractivity contribution in [1.82, 2.24) is 19.6 Å². The Bertz CT molecular complexity index is 1250. The van der Waals surface area contributed by atoms with Crippen LogP contribution in [0, 0.1) is 6.92 Å². The van der Waals surface area contributed by atoms with Crippen LogP contribution < -0.4 is 0 Å². The molecular weight excluding hydrogens is 382 g/mol. The summed E-state index contributed by atoms with van der Waals surface area (Å²) in [6.45, 7) is 2.69. The van der Waals surface area contributed by atoms with Gasteiger partial charge in [0, 0.05) is 11.8 Å². The van der Waals surface area contributed by atoms with E-state index in [4.69, 9.17) is 0 Å². The molecule has 0 spiro atoms. The zero-order chi connectivity index (χ0) is 19.8. The van der Waals surface area contributed by atoms with Crippen LogP contribution in [0.4, 0.5) is 0 Å². The number of aryl methyl sites for hydroxylation is 1. The third-order valence-electron chi connectivity index (χ3n) is 5.10. The van der Waals surface area contributed by atoms with Gasteiger partial charge in [-0.15, -0.1) is 10.2 Å². The van der Waals surface area contributed by atoms with Crippen molar-refractivity contribution in [3.8, 4) is 0 Å². The number of benzene rings is 2. The lowest BCUT2D eigenvalue weighted by molar-refractivity contribution is -0.127. The molecular formula is C22H19N5OS. The Morgan fingerprint density at radius 3 is 2.72 bits per heavy atom. The van der Waals surface area contributed by atoms with E-state index in [1.807, 2.05) is 52.9 Å². The molecule has 0 saturated carbocycles. The van der Waals surface area contributed by atoms with Gasteiger partial charge in [0.15, 0.2) is 10.8 Å². The summed E-state index contributed by atoms with van der Waals surface area (Å²) >= 11 is 1.40. The minimum atomic E-state index is -0.0194. The molecule has 5 rings (SSSR count). The Kier molecular flexibility index (Phi) is 4.52. The number of hydrazone groups is 1. The van der Waals surface area contributed by atoms with Gasteiger partial charge in [-0.1, -0.05) is 60.3 Å². The van der Waals surface area contributed by atoms with E-state index in [1.165, 1.54) is 11.8 Å². The number of para-hydroxylation sites is 1. The third-order valence-corrected chi connectivity index (χ3v) is 6.01. The Balaban J connectivity index is 1.37. The molecule has 0 bridgehead atoms. The zero-order valence-electron chi connectivity index (χ0n) is 15.9. The largest absolute Gasteiger partial charge is 0.272 e. The predicted octanol–water partition coefficient (Wildman–Crippen LogP) is 3.92. The van der Waals surface area contributed by atoms with E-state index in [0.29, 0.717) is 6.54 Å². The van der Waals surface area contributed by atoms with Gasteiger partial charge in [-0.05, 0) is 30.2 Å². The minimum Gasteiger partial charge on any atom is -0.272 e. The second kappa shape index (κ2) is 7.33. The number of amides is 1. The second-order valence-electron chi connectivity index (χ2n) is 6.99. The van der Waals surface area contributed by atoms with E-state index in [0.717, 1.165) is 45.0 Å². The molecule has 7 heteroatoms. The van der Waals surface area contributed by atoms with Crippen LogP contribution in [0.2, 0.25) is 0 Å². The molecule has 3 heterocycles. The molecule has 0 saturated heterocycles. The first kappa shape index (κ1) is 17.9. The smallest absolute Gasteiger partial charge is 0.253 e. The van der Waals surface area contributed by atoms with Crippen molar-refractivity contribution in [2.45, 2.75) is 18.5 Å². The van der Waals surface area contributed by atoms with Crippen LogP contribution in [-0.4, -0.2) is 43.5 Å². The lowest BCUT2D eigenvalue weighted by Gasteiger charge is -2.11. The van der Waals surface area contributed by atoms with Crippen LogP contribution in [0.3, 0.4) is 0 Å². The van der Waals surface area contributed by atoms with Gasteiger partial charge in [-0.2, -0.15) is 5.10 Å². The number of hydrogen-bond acceptors (Lipinski definition) is 5. The van der Waals surface area contributed by atoms with E-state index in [9.17, 15) is 4.79 Å². The van der Waals surface area contributed by atoms with Crippen molar-refractivity contribution in [3.63, 3.8) is 0 Å². The molecule has 2 aromatic carbocycles. The molecule has 29 heavy (non-hydrogen) atoms. The number of rotatable bonds is 4. The van der Waals surface area contributed by atoms with Crippen molar-refractivity contribution in [3.05, 3.63) is 71.8 Å². The van der Waals surface area contributed by atoms with Gasteiger partial charge in [0.05, 0.1) is 23.5 Å². The van der Waals surface area contributed by atoms with Crippen molar-refractivity contribution in [2.24, 2.45) is 5.10 Å². The predicted molar refractivity (Wildman–Crippen MR) is 115 cm³/mol. The summed E-state index contributed by atoms with van der Waals surface area (Å²) in [6.07, 6.45) is 0.776. The number of hydrogen-bond donors (Lipinski definition) is 0. The fraction of sp³-hybridized carbons (Fsp3) is 0.182. The van der Waals surface area contributed by atoms with Crippen molar-refractivity contribution in [1.29, 1.82) is 0 Å². The molecule has 0 atom stereocenters. The van der Waals surface area contributed by atoms with Crippen LogP contribution in [0.5, 0.6) is 0 Å². The van der Waals surface area contributed by atoms with Crippen LogP contribution in [0.15, 0.2) is 70.9 Å². The number of carbonyl (C=O) groups is 1. The summed E-state index contributed by atoms with van der Waals surface area (Å²) in [6, 6.07) is 20.2. The van der Waals surface area contributed by atoms with E-state index < -0.39 is 0 Å². The van der Waals surface area contributed by atoms with Gasteiger partial charge < -0.3 is 0 Å². The van der Waals surface area contributed by atoms with E-state index in [-0.39, 0.29) is 11.7 Å². The zero-order valence-corrected chi connectivity index (χ0v) is 16.8. The second-order valence-corrected chi connectivity index (χ2v) is 7.93. The molecule has 4 aromatic rings. The first-order chi connectivity index (χ1) is 14.2. The number of thioether (sulfide) groups is 1. The summed E-state index contributed by atoms with van der Waals surface area (Å²) in [5, 5.41) is 16.6. The molecule has 2 aromatic heterocycles. The lowest BCUT2D eigenvalue weighted by Crippen LogP contribution is -2.25. The molecule has 6 nitrogen and oxygen atoms in total. The highest BCUT2D eigenvalue weighted by molar-refractivity contribution is 7.99. The standard InChI is InChI=1S/C22H19N5OS/c1-15-13-20-23-24-22(27(20)19-10-6-5-9-17(15)19)29-14-21(28)26-12-11-18(25-26)16-7-3-2-4-8-16/h2-10,13H,11-12,14H2,1H3. The number of pyridine rings is 1. The topological polar surface area (TPSA) is 62.9 Å². The van der Waals surface area contributed by atoms with Crippen LogP contribution in [0.1, 0.15) is 17.5 Å². The first-order valence-electron chi connectivity index (χ1n) is 9.50. The average molecular weight is 401 g/mol. The van der Waals surface area contributed by atoms with Crippen molar-refractivity contribution >= 4 is 39.9 Å². The summed E-state index contributed by atoms with van der Waals surface area (Å²) < 4.78 is 2.02. The Morgan fingerprint density at radius 1 is 1.07 bits per heavy atom. The summed E-state index contributed by atoms with van der Waals surface area (Å²) in [5.74, 6) is 0.253. The highest BCUT2D eigenvalue weighted by Gasteiger charge is 2.22. The normalized spacial score (nSPS) is 14.0. The highest BCUT2D eigenvalue weighted by atomic mass is 32.2. The van der Waals surface area contributed by atoms with Crippen molar-refractivity contribution < 1.29 is 4.79 Å². The number of carbonyl (C=O) groups excluding carboxylic acids is 1. The van der Waals surface area contributed by atoms with Gasteiger partial charge in [0.25, 0.3) is 5.91 Å². The Labute approximate surface area is 172 Å². The number of fused-ring (bicyclic) bond motifs is 3. The minimum absolute atomic E-state index is 0.0194. The quantitative estimate of drug-likeness (QED) is 0.486. The fourth-order valence-electron chi connectivity index (χ4n) is 3.64. The molecule has 0 unspecified atom stereocenters. The van der Waals surface area contributed by atoms with E-state index >= 15 is 0 Å². The number of nitrogens with zero attached hydrogens (tertiary/aromatic N) is 5. The van der Waals surface area contributed by atoms with Crippen LogP contribution in [0.25, 0.3) is 16.6 Å². The summed E-state index contributed by atoms with van der Waals surface area (Å²) in [4.78, 5) is 12.7. The fourth-order valence-corrected chi connectivity index (χ4v) is 4.46. The molecule has 1 aliphatic rings. The Hall–Kier alpha value is -3.19. The number of aromatic nitrogens is 3. The van der Waals surface area contributed by atoms with Gasteiger partial charge in [-0.25, -0.2) is 5.01 Å².